The Morgan fingerprint density at radius 1 is 1.22 bits per heavy atom. The van der Waals surface area contributed by atoms with Gasteiger partial charge in [-0.1, -0.05) is 0 Å². The van der Waals surface area contributed by atoms with Gasteiger partial charge in [-0.25, -0.2) is 14.4 Å². The van der Waals surface area contributed by atoms with Gasteiger partial charge in [0.2, 0.25) is 0 Å². The third kappa shape index (κ3) is 2.11. The summed E-state index contributed by atoms with van der Waals surface area (Å²) in [5.74, 6) is 0.567. The highest BCUT2D eigenvalue weighted by Crippen LogP contribution is 2.24. The van der Waals surface area contributed by atoms with Gasteiger partial charge in [-0.3, -0.25) is 0 Å². The Kier molecular flexibility index (Phi) is 3.14. The van der Waals surface area contributed by atoms with E-state index in [2.05, 4.69) is 9.97 Å². The summed E-state index contributed by atoms with van der Waals surface area (Å²) < 4.78 is 18.5. The number of benzene rings is 1. The zero-order valence-corrected chi connectivity index (χ0v) is 10.5. The molecule has 0 unspecified atom stereocenters. The molecule has 0 fully saturated rings. The highest BCUT2D eigenvalue weighted by molar-refractivity contribution is 5.59. The molecule has 5 heteroatoms. The smallest absolute Gasteiger partial charge is 0.165 e. The van der Waals surface area contributed by atoms with Gasteiger partial charge < -0.3 is 10.5 Å². The van der Waals surface area contributed by atoms with E-state index in [4.69, 9.17) is 10.5 Å². The van der Waals surface area contributed by atoms with E-state index in [1.807, 2.05) is 13.8 Å². The lowest BCUT2D eigenvalue weighted by molar-refractivity contribution is 0.386. The average molecular weight is 247 g/mol. The number of nitrogens with two attached hydrogens (primary N) is 1. The molecule has 0 amide bonds. The number of ether oxygens (including phenoxy) is 1. The molecule has 1 aromatic carbocycles. The van der Waals surface area contributed by atoms with Crippen molar-refractivity contribution in [3.8, 4) is 17.1 Å². The Balaban J connectivity index is 2.52. The molecule has 94 valence electrons. The molecule has 0 aliphatic rings. The van der Waals surface area contributed by atoms with Crippen LogP contribution in [0.5, 0.6) is 5.75 Å². The molecule has 0 spiro atoms. The lowest BCUT2D eigenvalue weighted by atomic mass is 10.1. The molecule has 0 saturated heterocycles. The molecule has 4 nitrogen and oxygen atoms in total. The zero-order valence-electron chi connectivity index (χ0n) is 10.5. The lowest BCUT2D eigenvalue weighted by Crippen LogP contribution is -2.02. The van der Waals surface area contributed by atoms with Crippen LogP contribution in [-0.2, 0) is 0 Å². The van der Waals surface area contributed by atoms with Crippen LogP contribution >= 0.6 is 0 Å². The van der Waals surface area contributed by atoms with Crippen molar-refractivity contribution >= 4 is 5.82 Å². The first-order chi connectivity index (χ1) is 8.52. The molecule has 0 atom stereocenters. The van der Waals surface area contributed by atoms with Crippen LogP contribution in [0, 0.1) is 19.7 Å². The van der Waals surface area contributed by atoms with E-state index < -0.39 is 5.82 Å². The number of anilines is 1. The largest absolute Gasteiger partial charge is 0.494 e. The summed E-state index contributed by atoms with van der Waals surface area (Å²) in [4.78, 5) is 8.46. The van der Waals surface area contributed by atoms with E-state index in [0.717, 1.165) is 11.3 Å². The van der Waals surface area contributed by atoms with E-state index in [1.54, 1.807) is 12.1 Å². The van der Waals surface area contributed by atoms with Gasteiger partial charge in [0.1, 0.15) is 5.82 Å². The van der Waals surface area contributed by atoms with Crippen molar-refractivity contribution in [2.24, 2.45) is 0 Å². The van der Waals surface area contributed by atoms with Crippen molar-refractivity contribution in [2.75, 3.05) is 12.8 Å². The molecule has 2 aromatic rings. The normalized spacial score (nSPS) is 10.4. The number of nitrogens with zero attached hydrogens (tertiary/aromatic N) is 2. The third-order valence-electron chi connectivity index (χ3n) is 2.84. The Hall–Kier alpha value is -2.17. The maximum Gasteiger partial charge on any atom is 0.165 e. The van der Waals surface area contributed by atoms with Crippen LogP contribution in [-0.4, -0.2) is 17.1 Å². The zero-order chi connectivity index (χ0) is 13.3. The maximum atomic E-state index is 13.6. The number of aryl methyl sites for hydroxylation is 1. The van der Waals surface area contributed by atoms with Crippen LogP contribution in [0.4, 0.5) is 10.2 Å². The fourth-order valence-electron chi connectivity index (χ4n) is 1.59. The molecule has 2 rings (SSSR count). The van der Waals surface area contributed by atoms with Crippen LogP contribution in [0.15, 0.2) is 18.2 Å². The van der Waals surface area contributed by atoms with E-state index in [9.17, 15) is 4.39 Å². The van der Waals surface area contributed by atoms with Crippen molar-refractivity contribution < 1.29 is 9.13 Å². The highest BCUT2D eigenvalue weighted by Gasteiger charge is 2.10. The second-order valence-electron chi connectivity index (χ2n) is 3.99. The standard InChI is InChI=1S/C13H14FN3O/c1-7-8(2)16-13(17-12(7)15)9-4-5-11(18-3)10(14)6-9/h4-6H,1-3H3,(H2,15,16,17). The van der Waals surface area contributed by atoms with E-state index in [0.29, 0.717) is 17.2 Å². The maximum absolute atomic E-state index is 13.6. The predicted octanol–water partition coefficient (Wildman–Crippen LogP) is 2.49. The molecule has 18 heavy (non-hydrogen) atoms. The minimum absolute atomic E-state index is 0.190. The minimum atomic E-state index is -0.449. The molecular formula is C13H14FN3O. The number of halogens is 1. The molecule has 0 aliphatic heterocycles. The van der Waals surface area contributed by atoms with Crippen molar-refractivity contribution in [3.05, 3.63) is 35.3 Å². The van der Waals surface area contributed by atoms with Gasteiger partial charge in [0, 0.05) is 16.8 Å². The Bertz CT molecular complexity index is 576. The summed E-state index contributed by atoms with van der Waals surface area (Å²) >= 11 is 0. The SMILES string of the molecule is COc1ccc(-c2nc(C)c(C)c(N)n2)cc1F. The fourth-order valence-corrected chi connectivity index (χ4v) is 1.59. The Morgan fingerprint density at radius 2 is 1.94 bits per heavy atom. The van der Waals surface area contributed by atoms with E-state index in [-0.39, 0.29) is 5.75 Å². The quantitative estimate of drug-likeness (QED) is 0.885. The topological polar surface area (TPSA) is 61.0 Å². The summed E-state index contributed by atoms with van der Waals surface area (Å²) in [6.45, 7) is 3.69. The molecule has 1 aromatic heterocycles. The molecule has 0 radical (unpaired) electrons. The Morgan fingerprint density at radius 3 is 2.50 bits per heavy atom. The second-order valence-corrected chi connectivity index (χ2v) is 3.99. The van der Waals surface area contributed by atoms with E-state index >= 15 is 0 Å². The summed E-state index contributed by atoms with van der Waals surface area (Å²) in [6.07, 6.45) is 0. The van der Waals surface area contributed by atoms with Crippen LogP contribution in [0.1, 0.15) is 11.3 Å². The third-order valence-corrected chi connectivity index (χ3v) is 2.84. The van der Waals surface area contributed by atoms with Gasteiger partial charge in [0.15, 0.2) is 17.4 Å². The summed E-state index contributed by atoms with van der Waals surface area (Å²) in [5.41, 5.74) is 7.98. The van der Waals surface area contributed by atoms with Gasteiger partial charge in [-0.15, -0.1) is 0 Å². The lowest BCUT2D eigenvalue weighted by Gasteiger charge is -2.08. The molecular weight excluding hydrogens is 233 g/mol. The van der Waals surface area contributed by atoms with Crippen LogP contribution in [0.2, 0.25) is 0 Å². The van der Waals surface area contributed by atoms with Gasteiger partial charge >= 0.3 is 0 Å². The monoisotopic (exact) mass is 247 g/mol. The van der Waals surface area contributed by atoms with Crippen molar-refractivity contribution in [1.82, 2.24) is 9.97 Å². The van der Waals surface area contributed by atoms with Crippen LogP contribution in [0.25, 0.3) is 11.4 Å². The summed E-state index contributed by atoms with van der Waals surface area (Å²) in [5, 5.41) is 0. The van der Waals surface area contributed by atoms with Crippen molar-refractivity contribution in [2.45, 2.75) is 13.8 Å². The second kappa shape index (κ2) is 4.60. The molecule has 2 N–H and O–H groups in total. The number of hydrogen-bond donors (Lipinski definition) is 1. The fraction of sp³-hybridized carbons (Fsp3) is 0.231. The van der Waals surface area contributed by atoms with Crippen LogP contribution in [0.3, 0.4) is 0 Å². The number of methoxy groups -OCH3 is 1. The minimum Gasteiger partial charge on any atom is -0.494 e. The summed E-state index contributed by atoms with van der Waals surface area (Å²) in [6, 6.07) is 4.58. The summed E-state index contributed by atoms with van der Waals surface area (Å²) in [7, 11) is 1.42. The average Bonchev–Trinajstić information content (AvgIpc) is 2.35. The molecule has 0 saturated carbocycles. The van der Waals surface area contributed by atoms with Crippen molar-refractivity contribution in [1.29, 1.82) is 0 Å². The number of hydrogen-bond acceptors (Lipinski definition) is 4. The number of nitrogen functional groups attached to an aromatic ring is 1. The van der Waals surface area contributed by atoms with Gasteiger partial charge in [-0.2, -0.15) is 0 Å². The molecule has 1 heterocycles. The van der Waals surface area contributed by atoms with Gasteiger partial charge in [-0.05, 0) is 32.0 Å². The first kappa shape index (κ1) is 12.3. The number of aromatic nitrogens is 2. The van der Waals surface area contributed by atoms with Gasteiger partial charge in [0.25, 0.3) is 0 Å². The molecule has 0 bridgehead atoms. The Labute approximate surface area is 105 Å². The van der Waals surface area contributed by atoms with Crippen LogP contribution < -0.4 is 10.5 Å². The van der Waals surface area contributed by atoms with E-state index in [1.165, 1.54) is 13.2 Å². The number of rotatable bonds is 2. The van der Waals surface area contributed by atoms with Gasteiger partial charge in [0.05, 0.1) is 7.11 Å². The first-order valence-electron chi connectivity index (χ1n) is 5.47. The predicted molar refractivity (Wildman–Crippen MR) is 67.9 cm³/mol. The van der Waals surface area contributed by atoms with Crippen molar-refractivity contribution in [3.63, 3.8) is 0 Å². The molecule has 0 aliphatic carbocycles. The highest BCUT2D eigenvalue weighted by atomic mass is 19.1. The first-order valence-corrected chi connectivity index (χ1v) is 5.47.